The monoisotopic (exact) mass is 327 g/mol. The van der Waals surface area contributed by atoms with E-state index in [9.17, 15) is 0 Å². The highest BCUT2D eigenvalue weighted by Crippen LogP contribution is 2.21. The third-order valence-electron chi connectivity index (χ3n) is 4.49. The molecule has 0 spiro atoms. The molecule has 0 aliphatic carbocycles. The van der Waals surface area contributed by atoms with Crippen molar-refractivity contribution in [1.29, 1.82) is 0 Å². The summed E-state index contributed by atoms with van der Waals surface area (Å²) in [5, 5.41) is 6.04. The highest BCUT2D eigenvalue weighted by Gasteiger charge is 2.04. The van der Waals surface area contributed by atoms with Crippen molar-refractivity contribution < 1.29 is 4.74 Å². The number of benzene rings is 2. The Balaban J connectivity index is 1.58. The van der Waals surface area contributed by atoms with Gasteiger partial charge in [0.1, 0.15) is 5.75 Å². The topological polar surface area (TPSA) is 21.3 Å². The average molecular weight is 328 g/mol. The van der Waals surface area contributed by atoms with E-state index in [4.69, 9.17) is 4.74 Å². The third kappa shape index (κ3) is 6.92. The predicted octanol–water partition coefficient (Wildman–Crippen LogP) is 5.95. The number of ether oxygens (including phenoxy) is 1. The third-order valence-corrected chi connectivity index (χ3v) is 4.49. The maximum atomic E-state index is 6.05. The Labute approximate surface area is 147 Å². The minimum atomic E-state index is 0.239. The van der Waals surface area contributed by atoms with Crippen LogP contribution in [0.25, 0.3) is 10.8 Å². The molecule has 0 heterocycles. The van der Waals surface area contributed by atoms with E-state index >= 15 is 0 Å². The van der Waals surface area contributed by atoms with E-state index in [1.165, 1.54) is 49.3 Å². The number of nitrogens with one attached hydrogen (secondary N) is 1. The molecule has 0 fully saturated rings. The number of hydrogen-bond acceptors (Lipinski definition) is 2. The SMILES string of the molecule is CCCCCCCCNCCC(C)Oc1ccc2ccccc2c1. The zero-order chi connectivity index (χ0) is 17.0. The van der Waals surface area contributed by atoms with Gasteiger partial charge in [-0.25, -0.2) is 0 Å². The van der Waals surface area contributed by atoms with E-state index in [1.54, 1.807) is 0 Å². The number of unbranched alkanes of at least 4 members (excludes halogenated alkanes) is 5. The molecule has 0 aliphatic heterocycles. The lowest BCUT2D eigenvalue weighted by molar-refractivity contribution is 0.210. The maximum Gasteiger partial charge on any atom is 0.120 e. The molecule has 1 atom stereocenters. The van der Waals surface area contributed by atoms with Crippen molar-refractivity contribution in [2.24, 2.45) is 0 Å². The minimum absolute atomic E-state index is 0.239. The van der Waals surface area contributed by atoms with Gasteiger partial charge in [0.2, 0.25) is 0 Å². The van der Waals surface area contributed by atoms with Crippen LogP contribution in [0, 0.1) is 0 Å². The van der Waals surface area contributed by atoms with Crippen LogP contribution in [0.1, 0.15) is 58.8 Å². The number of rotatable bonds is 12. The Bertz CT molecular complexity index is 581. The number of hydrogen-bond donors (Lipinski definition) is 1. The van der Waals surface area contributed by atoms with Gasteiger partial charge in [0.15, 0.2) is 0 Å². The van der Waals surface area contributed by atoms with Crippen molar-refractivity contribution in [2.75, 3.05) is 13.1 Å². The Hall–Kier alpha value is -1.54. The van der Waals surface area contributed by atoms with E-state index in [2.05, 4.69) is 61.6 Å². The molecular weight excluding hydrogens is 294 g/mol. The summed E-state index contributed by atoms with van der Waals surface area (Å²) in [5.74, 6) is 0.970. The largest absolute Gasteiger partial charge is 0.491 e. The van der Waals surface area contributed by atoms with Crippen LogP contribution < -0.4 is 10.1 Å². The second-order valence-electron chi connectivity index (χ2n) is 6.74. The fraction of sp³-hybridized carbons (Fsp3) is 0.545. The fourth-order valence-corrected chi connectivity index (χ4v) is 2.99. The lowest BCUT2D eigenvalue weighted by Crippen LogP contribution is -2.23. The quantitative estimate of drug-likeness (QED) is 0.487. The molecule has 0 bridgehead atoms. The van der Waals surface area contributed by atoms with E-state index in [1.807, 2.05) is 0 Å². The van der Waals surface area contributed by atoms with Crippen molar-refractivity contribution in [1.82, 2.24) is 5.32 Å². The molecule has 0 aromatic heterocycles. The molecule has 0 amide bonds. The predicted molar refractivity (Wildman–Crippen MR) is 105 cm³/mol. The van der Waals surface area contributed by atoms with Crippen molar-refractivity contribution >= 4 is 10.8 Å². The van der Waals surface area contributed by atoms with Gasteiger partial charge in [0.05, 0.1) is 6.10 Å². The molecule has 1 unspecified atom stereocenters. The zero-order valence-electron chi connectivity index (χ0n) is 15.4. The van der Waals surface area contributed by atoms with Gasteiger partial charge in [-0.05, 0) is 55.8 Å². The van der Waals surface area contributed by atoms with E-state index < -0.39 is 0 Å². The molecule has 2 aromatic rings. The van der Waals surface area contributed by atoms with Crippen molar-refractivity contribution in [3.63, 3.8) is 0 Å². The highest BCUT2D eigenvalue weighted by molar-refractivity contribution is 5.83. The summed E-state index contributed by atoms with van der Waals surface area (Å²) in [5.41, 5.74) is 0. The van der Waals surface area contributed by atoms with Crippen molar-refractivity contribution in [2.45, 2.75) is 64.9 Å². The van der Waals surface area contributed by atoms with Crippen LogP contribution in [0.4, 0.5) is 0 Å². The lowest BCUT2D eigenvalue weighted by Gasteiger charge is -2.15. The first-order valence-electron chi connectivity index (χ1n) is 9.66. The summed E-state index contributed by atoms with van der Waals surface area (Å²) >= 11 is 0. The van der Waals surface area contributed by atoms with Crippen LogP contribution >= 0.6 is 0 Å². The first kappa shape index (κ1) is 18.8. The molecule has 0 saturated heterocycles. The first-order valence-corrected chi connectivity index (χ1v) is 9.66. The normalized spacial score (nSPS) is 12.4. The van der Waals surface area contributed by atoms with Crippen LogP contribution in [-0.4, -0.2) is 19.2 Å². The van der Waals surface area contributed by atoms with Crippen LogP contribution in [0.5, 0.6) is 5.75 Å². The van der Waals surface area contributed by atoms with Gasteiger partial charge in [-0.2, -0.15) is 0 Å². The maximum absolute atomic E-state index is 6.05. The summed E-state index contributed by atoms with van der Waals surface area (Å²) in [6.45, 7) is 6.59. The van der Waals surface area contributed by atoms with Gasteiger partial charge < -0.3 is 10.1 Å². The molecule has 0 aliphatic rings. The van der Waals surface area contributed by atoms with Gasteiger partial charge in [0, 0.05) is 0 Å². The van der Waals surface area contributed by atoms with Gasteiger partial charge in [-0.1, -0.05) is 69.4 Å². The standard InChI is InChI=1S/C22H33NO/c1-3-4-5-6-7-10-16-23-17-15-19(2)24-22-14-13-20-11-8-9-12-21(20)18-22/h8-9,11-14,18-19,23H,3-7,10,15-17H2,1-2H3. The molecule has 2 heteroatoms. The van der Waals surface area contributed by atoms with Gasteiger partial charge >= 0.3 is 0 Å². The molecule has 2 aromatic carbocycles. The van der Waals surface area contributed by atoms with Crippen LogP contribution in [-0.2, 0) is 0 Å². The Morgan fingerprint density at radius 2 is 1.62 bits per heavy atom. The van der Waals surface area contributed by atoms with Crippen LogP contribution in [0.3, 0.4) is 0 Å². The number of fused-ring (bicyclic) bond motifs is 1. The molecule has 2 rings (SSSR count). The summed E-state index contributed by atoms with van der Waals surface area (Å²) in [7, 11) is 0. The zero-order valence-corrected chi connectivity index (χ0v) is 15.4. The van der Waals surface area contributed by atoms with Crippen molar-refractivity contribution in [3.8, 4) is 5.75 Å². The second-order valence-corrected chi connectivity index (χ2v) is 6.74. The fourth-order valence-electron chi connectivity index (χ4n) is 2.99. The summed E-state index contributed by atoms with van der Waals surface area (Å²) < 4.78 is 6.05. The van der Waals surface area contributed by atoms with E-state index in [0.29, 0.717) is 0 Å². The summed E-state index contributed by atoms with van der Waals surface area (Å²) in [6, 6.07) is 14.7. The molecular formula is C22H33NO. The Kier molecular flexibility index (Phi) is 8.69. The molecule has 1 N–H and O–H groups in total. The Morgan fingerprint density at radius 1 is 0.875 bits per heavy atom. The highest BCUT2D eigenvalue weighted by atomic mass is 16.5. The van der Waals surface area contributed by atoms with Gasteiger partial charge in [-0.3, -0.25) is 0 Å². The van der Waals surface area contributed by atoms with Gasteiger partial charge in [0.25, 0.3) is 0 Å². The van der Waals surface area contributed by atoms with Crippen molar-refractivity contribution in [3.05, 3.63) is 42.5 Å². The van der Waals surface area contributed by atoms with E-state index in [0.717, 1.165) is 25.3 Å². The first-order chi connectivity index (χ1) is 11.8. The second kappa shape index (κ2) is 11.1. The summed E-state index contributed by atoms with van der Waals surface area (Å²) in [6.07, 6.45) is 9.43. The van der Waals surface area contributed by atoms with E-state index in [-0.39, 0.29) is 6.10 Å². The Morgan fingerprint density at radius 3 is 2.46 bits per heavy atom. The van der Waals surface area contributed by atoms with Gasteiger partial charge in [-0.15, -0.1) is 0 Å². The smallest absolute Gasteiger partial charge is 0.120 e. The molecule has 24 heavy (non-hydrogen) atoms. The molecule has 0 radical (unpaired) electrons. The van der Waals surface area contributed by atoms with Crippen LogP contribution in [0.15, 0.2) is 42.5 Å². The lowest BCUT2D eigenvalue weighted by atomic mass is 10.1. The molecule has 0 saturated carbocycles. The minimum Gasteiger partial charge on any atom is -0.491 e. The summed E-state index contributed by atoms with van der Waals surface area (Å²) in [4.78, 5) is 0. The van der Waals surface area contributed by atoms with Crippen LogP contribution in [0.2, 0.25) is 0 Å². The molecule has 132 valence electrons. The average Bonchev–Trinajstić information content (AvgIpc) is 2.60. The molecule has 2 nitrogen and oxygen atoms in total.